The second kappa shape index (κ2) is 4.70. The van der Waals surface area contributed by atoms with E-state index in [4.69, 9.17) is 10.2 Å². The van der Waals surface area contributed by atoms with E-state index >= 15 is 0 Å². The number of amides is 3. The molecule has 0 saturated carbocycles. The molecule has 1 aliphatic heterocycles. The van der Waals surface area contributed by atoms with Gasteiger partial charge in [-0.2, -0.15) is 0 Å². The fourth-order valence-corrected chi connectivity index (χ4v) is 2.09. The molecule has 2 atom stereocenters. The highest BCUT2D eigenvalue weighted by atomic mass is 16.3. The predicted octanol–water partition coefficient (Wildman–Crippen LogP) is 1.31. The van der Waals surface area contributed by atoms with Crippen LogP contribution in [0.3, 0.4) is 0 Å². The largest absolute Gasteiger partial charge is 0.465 e. The van der Waals surface area contributed by atoms with Crippen LogP contribution in [0.2, 0.25) is 0 Å². The maximum absolute atomic E-state index is 12.2. The minimum absolute atomic E-state index is 0.118. The molecule has 0 aliphatic carbocycles. The van der Waals surface area contributed by atoms with Crippen molar-refractivity contribution in [3.63, 3.8) is 0 Å². The van der Waals surface area contributed by atoms with Gasteiger partial charge in [-0.15, -0.1) is 0 Å². The van der Waals surface area contributed by atoms with Crippen molar-refractivity contribution in [1.82, 2.24) is 10.2 Å². The molecule has 0 bridgehead atoms. The van der Waals surface area contributed by atoms with Gasteiger partial charge in [0.15, 0.2) is 0 Å². The Kier molecular flexibility index (Phi) is 3.36. The number of hydrogen-bond donors (Lipinski definition) is 2. The van der Waals surface area contributed by atoms with Crippen LogP contribution in [-0.4, -0.2) is 28.9 Å². The van der Waals surface area contributed by atoms with Crippen LogP contribution in [0.5, 0.6) is 0 Å². The summed E-state index contributed by atoms with van der Waals surface area (Å²) in [6, 6.07) is 2.66. The van der Waals surface area contributed by atoms with E-state index in [9.17, 15) is 9.59 Å². The molecule has 0 aromatic carbocycles. The number of nitrogens with two attached hydrogens (primary N) is 1. The monoisotopic (exact) mass is 265 g/mol. The minimum atomic E-state index is -0.824. The second-order valence-corrected chi connectivity index (χ2v) is 5.09. The lowest BCUT2D eigenvalue weighted by atomic mass is 9.99. The molecule has 1 fully saturated rings. The fourth-order valence-electron chi connectivity index (χ4n) is 2.09. The highest BCUT2D eigenvalue weighted by molar-refractivity contribution is 6.06. The number of urea groups is 1. The van der Waals surface area contributed by atoms with E-state index in [1.54, 1.807) is 19.1 Å². The molecular weight excluding hydrogens is 246 g/mol. The summed E-state index contributed by atoms with van der Waals surface area (Å²) in [6.45, 7) is 5.51. The first kappa shape index (κ1) is 13.6. The SMILES string of the molecule is CCC1(C)NC(=O)N(CC(N)c2ccc(C)o2)C1=O. The number of nitrogens with zero attached hydrogens (tertiary/aromatic N) is 1. The fraction of sp³-hybridized carbons (Fsp3) is 0.538. The maximum Gasteiger partial charge on any atom is 0.325 e. The normalized spacial score (nSPS) is 24.7. The highest BCUT2D eigenvalue weighted by Crippen LogP contribution is 2.23. The van der Waals surface area contributed by atoms with E-state index in [1.165, 1.54) is 0 Å². The highest BCUT2D eigenvalue weighted by Gasteiger charge is 2.46. The Hall–Kier alpha value is -1.82. The average molecular weight is 265 g/mol. The third-order valence-corrected chi connectivity index (χ3v) is 3.56. The summed E-state index contributed by atoms with van der Waals surface area (Å²) in [7, 11) is 0. The molecule has 2 unspecified atom stereocenters. The van der Waals surface area contributed by atoms with Gasteiger partial charge in [0.2, 0.25) is 0 Å². The van der Waals surface area contributed by atoms with Crippen LogP contribution < -0.4 is 11.1 Å². The van der Waals surface area contributed by atoms with Crippen molar-refractivity contribution in [3.05, 3.63) is 23.7 Å². The first-order chi connectivity index (χ1) is 8.87. The molecule has 1 aromatic heterocycles. The van der Waals surface area contributed by atoms with Crippen LogP contribution in [0, 0.1) is 6.92 Å². The van der Waals surface area contributed by atoms with Crippen LogP contribution in [0.25, 0.3) is 0 Å². The van der Waals surface area contributed by atoms with Gasteiger partial charge in [-0.1, -0.05) is 6.92 Å². The lowest BCUT2D eigenvalue weighted by molar-refractivity contribution is -0.131. The van der Waals surface area contributed by atoms with E-state index in [0.29, 0.717) is 12.2 Å². The number of carbonyl (C=O) groups is 2. The van der Waals surface area contributed by atoms with E-state index in [1.807, 2.05) is 13.8 Å². The van der Waals surface area contributed by atoms with Crippen molar-refractivity contribution in [2.24, 2.45) is 5.73 Å². The molecule has 6 heteroatoms. The van der Waals surface area contributed by atoms with Gasteiger partial charge >= 0.3 is 6.03 Å². The Morgan fingerprint density at radius 3 is 2.63 bits per heavy atom. The Morgan fingerprint density at radius 2 is 2.16 bits per heavy atom. The maximum atomic E-state index is 12.2. The van der Waals surface area contributed by atoms with Crippen molar-refractivity contribution in [2.45, 2.75) is 38.8 Å². The van der Waals surface area contributed by atoms with Crippen LogP contribution in [-0.2, 0) is 4.79 Å². The van der Waals surface area contributed by atoms with Crippen molar-refractivity contribution in [3.8, 4) is 0 Å². The molecule has 1 aromatic rings. The standard InChI is InChI=1S/C13H19N3O3/c1-4-13(3)11(17)16(12(18)15-13)7-9(14)10-6-5-8(2)19-10/h5-6,9H,4,7,14H2,1-3H3,(H,15,18). The van der Waals surface area contributed by atoms with E-state index in [2.05, 4.69) is 5.32 Å². The molecule has 6 nitrogen and oxygen atoms in total. The van der Waals surface area contributed by atoms with Gasteiger partial charge < -0.3 is 15.5 Å². The third-order valence-electron chi connectivity index (χ3n) is 3.56. The van der Waals surface area contributed by atoms with Crippen molar-refractivity contribution >= 4 is 11.9 Å². The van der Waals surface area contributed by atoms with Crippen molar-refractivity contribution < 1.29 is 14.0 Å². The van der Waals surface area contributed by atoms with Crippen LogP contribution >= 0.6 is 0 Å². The van der Waals surface area contributed by atoms with Crippen molar-refractivity contribution in [1.29, 1.82) is 0 Å². The molecule has 3 N–H and O–H groups in total. The van der Waals surface area contributed by atoms with Gasteiger partial charge in [0.25, 0.3) is 5.91 Å². The quantitative estimate of drug-likeness (QED) is 0.803. The Labute approximate surface area is 111 Å². The zero-order valence-corrected chi connectivity index (χ0v) is 11.4. The molecular formula is C13H19N3O3. The Balaban J connectivity index is 2.11. The molecule has 2 rings (SSSR count). The molecule has 104 valence electrons. The van der Waals surface area contributed by atoms with Gasteiger partial charge in [0, 0.05) is 0 Å². The summed E-state index contributed by atoms with van der Waals surface area (Å²) in [5.74, 6) is 1.09. The zero-order chi connectivity index (χ0) is 14.2. The average Bonchev–Trinajstić information content (AvgIpc) is 2.88. The third kappa shape index (κ3) is 2.35. The topological polar surface area (TPSA) is 88.6 Å². The summed E-state index contributed by atoms with van der Waals surface area (Å²) >= 11 is 0. The minimum Gasteiger partial charge on any atom is -0.465 e. The first-order valence-corrected chi connectivity index (χ1v) is 6.33. The Morgan fingerprint density at radius 1 is 1.47 bits per heavy atom. The number of nitrogens with one attached hydrogen (secondary N) is 1. The number of hydrogen-bond acceptors (Lipinski definition) is 4. The lowest BCUT2D eigenvalue weighted by Gasteiger charge is -2.20. The van der Waals surface area contributed by atoms with Crippen LogP contribution in [0.1, 0.15) is 37.8 Å². The zero-order valence-electron chi connectivity index (χ0n) is 11.4. The smallest absolute Gasteiger partial charge is 0.325 e. The molecule has 1 saturated heterocycles. The van der Waals surface area contributed by atoms with E-state index in [0.717, 1.165) is 10.7 Å². The van der Waals surface area contributed by atoms with Gasteiger partial charge in [0.05, 0.1) is 12.6 Å². The Bertz CT molecular complexity index is 511. The summed E-state index contributed by atoms with van der Waals surface area (Å²) < 4.78 is 5.41. The van der Waals surface area contributed by atoms with E-state index < -0.39 is 17.6 Å². The molecule has 19 heavy (non-hydrogen) atoms. The second-order valence-electron chi connectivity index (χ2n) is 5.09. The summed E-state index contributed by atoms with van der Waals surface area (Å²) in [5, 5.41) is 2.69. The van der Waals surface area contributed by atoms with Gasteiger partial charge in [-0.25, -0.2) is 4.79 Å². The molecule has 0 spiro atoms. The molecule has 2 heterocycles. The number of aryl methyl sites for hydroxylation is 1. The van der Waals surface area contributed by atoms with Gasteiger partial charge in [-0.3, -0.25) is 9.69 Å². The van der Waals surface area contributed by atoms with Crippen LogP contribution in [0.4, 0.5) is 4.79 Å². The predicted molar refractivity (Wildman–Crippen MR) is 69.3 cm³/mol. The first-order valence-electron chi connectivity index (χ1n) is 6.33. The van der Waals surface area contributed by atoms with E-state index in [-0.39, 0.29) is 12.5 Å². The number of carbonyl (C=O) groups excluding carboxylic acids is 2. The molecule has 1 aliphatic rings. The van der Waals surface area contributed by atoms with Gasteiger partial charge in [0.1, 0.15) is 17.1 Å². The summed E-state index contributed by atoms with van der Waals surface area (Å²) in [6.07, 6.45) is 0.545. The lowest BCUT2D eigenvalue weighted by Crippen LogP contribution is -2.43. The number of rotatable bonds is 4. The van der Waals surface area contributed by atoms with Crippen LogP contribution in [0.15, 0.2) is 16.5 Å². The summed E-state index contributed by atoms with van der Waals surface area (Å²) in [5.41, 5.74) is 5.15. The number of furan rings is 1. The number of imide groups is 1. The molecule has 3 amide bonds. The summed E-state index contributed by atoms with van der Waals surface area (Å²) in [4.78, 5) is 25.2. The van der Waals surface area contributed by atoms with Gasteiger partial charge in [-0.05, 0) is 32.4 Å². The molecule has 0 radical (unpaired) electrons. The van der Waals surface area contributed by atoms with Crippen molar-refractivity contribution in [2.75, 3.05) is 6.54 Å².